The molecular formula is C15H23N3O. The van der Waals surface area contributed by atoms with Crippen LogP contribution in [0.3, 0.4) is 0 Å². The molecule has 0 aromatic carbocycles. The van der Waals surface area contributed by atoms with Gasteiger partial charge in [0.05, 0.1) is 0 Å². The van der Waals surface area contributed by atoms with Crippen LogP contribution in [0.2, 0.25) is 0 Å². The summed E-state index contributed by atoms with van der Waals surface area (Å²) in [6, 6.07) is 0.541. The summed E-state index contributed by atoms with van der Waals surface area (Å²) >= 11 is 0. The largest absolute Gasteiger partial charge is 0.343 e. The maximum atomic E-state index is 11.7. The Kier molecular flexibility index (Phi) is 3.33. The Bertz CT molecular complexity index is 468. The third-order valence-corrected chi connectivity index (χ3v) is 4.44. The van der Waals surface area contributed by atoms with Gasteiger partial charge in [-0.15, -0.1) is 0 Å². The van der Waals surface area contributed by atoms with E-state index < -0.39 is 0 Å². The number of hydrogen-bond acceptors (Lipinski definition) is 2. The molecule has 2 heterocycles. The van der Waals surface area contributed by atoms with Gasteiger partial charge in [-0.25, -0.2) is 4.98 Å². The molecule has 19 heavy (non-hydrogen) atoms. The first-order valence-electron chi connectivity index (χ1n) is 7.52. The van der Waals surface area contributed by atoms with Crippen molar-refractivity contribution in [3.05, 3.63) is 17.7 Å². The summed E-state index contributed by atoms with van der Waals surface area (Å²) < 4.78 is 2.45. The molecule has 1 aromatic heterocycles. The number of imidazole rings is 1. The molecular weight excluding hydrogens is 238 g/mol. The van der Waals surface area contributed by atoms with Gasteiger partial charge in [-0.05, 0) is 32.6 Å². The number of hydrogen-bond donors (Lipinski definition) is 0. The molecule has 4 heteroatoms. The van der Waals surface area contributed by atoms with Gasteiger partial charge >= 0.3 is 0 Å². The van der Waals surface area contributed by atoms with E-state index in [0.29, 0.717) is 24.3 Å². The van der Waals surface area contributed by atoms with Gasteiger partial charge < -0.3 is 9.47 Å². The molecule has 0 bridgehead atoms. The molecule has 0 radical (unpaired) electrons. The number of rotatable bonds is 3. The van der Waals surface area contributed by atoms with Crippen LogP contribution in [-0.2, 0) is 4.79 Å². The van der Waals surface area contributed by atoms with Crippen molar-refractivity contribution in [1.29, 1.82) is 0 Å². The van der Waals surface area contributed by atoms with Crippen LogP contribution in [-0.4, -0.2) is 33.4 Å². The van der Waals surface area contributed by atoms with Crippen molar-refractivity contribution in [3.8, 4) is 0 Å². The zero-order valence-electron chi connectivity index (χ0n) is 11.9. The molecule has 4 nitrogen and oxygen atoms in total. The molecule has 1 aromatic rings. The van der Waals surface area contributed by atoms with Crippen molar-refractivity contribution in [2.75, 3.05) is 13.1 Å². The molecule has 0 unspecified atom stereocenters. The standard InChI is InChI=1S/C15H23N3O/c1-3-14(19)17-8-6-13(7-9-17)18-11(2)10-16-15(18)12-4-5-12/h10,12-13H,3-9H2,1-2H3. The van der Waals surface area contributed by atoms with Gasteiger partial charge in [0, 0.05) is 43.4 Å². The molecule has 1 amide bonds. The molecule has 2 fully saturated rings. The minimum absolute atomic E-state index is 0.295. The summed E-state index contributed by atoms with van der Waals surface area (Å²) in [5, 5.41) is 0. The highest BCUT2D eigenvalue weighted by atomic mass is 16.2. The van der Waals surface area contributed by atoms with Crippen LogP contribution >= 0.6 is 0 Å². The Labute approximate surface area is 114 Å². The van der Waals surface area contributed by atoms with Crippen molar-refractivity contribution in [2.45, 2.75) is 57.9 Å². The third-order valence-electron chi connectivity index (χ3n) is 4.44. The van der Waals surface area contributed by atoms with Gasteiger partial charge in [0.25, 0.3) is 0 Å². The van der Waals surface area contributed by atoms with Crippen LogP contribution in [0.1, 0.15) is 62.5 Å². The summed E-state index contributed by atoms with van der Waals surface area (Å²) in [4.78, 5) is 18.3. The molecule has 2 aliphatic rings. The average molecular weight is 261 g/mol. The lowest BCUT2D eigenvalue weighted by Crippen LogP contribution is -2.39. The van der Waals surface area contributed by atoms with Crippen LogP contribution in [0.4, 0.5) is 0 Å². The fourth-order valence-electron chi connectivity index (χ4n) is 3.18. The first kappa shape index (κ1) is 12.7. The van der Waals surface area contributed by atoms with E-state index in [0.717, 1.165) is 25.9 Å². The van der Waals surface area contributed by atoms with Gasteiger partial charge in [-0.1, -0.05) is 6.92 Å². The first-order chi connectivity index (χ1) is 9.20. The number of aromatic nitrogens is 2. The quantitative estimate of drug-likeness (QED) is 0.839. The van der Waals surface area contributed by atoms with Crippen molar-refractivity contribution in [2.24, 2.45) is 0 Å². The van der Waals surface area contributed by atoms with Gasteiger partial charge in [-0.3, -0.25) is 4.79 Å². The number of carbonyl (C=O) groups is 1. The maximum absolute atomic E-state index is 11.7. The Balaban J connectivity index is 1.71. The molecule has 104 valence electrons. The molecule has 3 rings (SSSR count). The monoisotopic (exact) mass is 261 g/mol. The van der Waals surface area contributed by atoms with Crippen LogP contribution < -0.4 is 0 Å². The smallest absolute Gasteiger partial charge is 0.222 e. The lowest BCUT2D eigenvalue weighted by molar-refractivity contribution is -0.132. The zero-order chi connectivity index (χ0) is 13.4. The van der Waals surface area contributed by atoms with Gasteiger partial charge in [0.15, 0.2) is 0 Å². The highest BCUT2D eigenvalue weighted by Gasteiger charge is 2.32. The van der Waals surface area contributed by atoms with Gasteiger partial charge in [-0.2, -0.15) is 0 Å². The van der Waals surface area contributed by atoms with E-state index in [1.54, 1.807) is 0 Å². The van der Waals surface area contributed by atoms with E-state index in [2.05, 4.69) is 16.5 Å². The normalized spacial score (nSPS) is 20.8. The molecule has 1 aliphatic heterocycles. The number of carbonyl (C=O) groups excluding carboxylic acids is 1. The topological polar surface area (TPSA) is 38.1 Å². The second kappa shape index (κ2) is 4.99. The van der Waals surface area contributed by atoms with Gasteiger partial charge in [0.2, 0.25) is 5.91 Å². The fraction of sp³-hybridized carbons (Fsp3) is 0.733. The SMILES string of the molecule is CCC(=O)N1CCC(n2c(C)cnc2C2CC2)CC1. The first-order valence-corrected chi connectivity index (χ1v) is 7.52. The fourth-order valence-corrected chi connectivity index (χ4v) is 3.18. The Morgan fingerprint density at radius 3 is 2.58 bits per heavy atom. The van der Waals surface area contributed by atoms with E-state index in [1.165, 1.54) is 24.4 Å². The molecule has 0 spiro atoms. The second-order valence-electron chi connectivity index (χ2n) is 5.87. The third kappa shape index (κ3) is 2.40. The van der Waals surface area contributed by atoms with E-state index in [1.807, 2.05) is 18.0 Å². The van der Waals surface area contributed by atoms with Crippen LogP contribution in [0, 0.1) is 6.92 Å². The molecule has 0 N–H and O–H groups in total. The average Bonchev–Trinajstić information content (AvgIpc) is 3.21. The second-order valence-corrected chi connectivity index (χ2v) is 5.87. The van der Waals surface area contributed by atoms with Crippen molar-refractivity contribution < 1.29 is 4.79 Å². The summed E-state index contributed by atoms with van der Waals surface area (Å²) in [6.45, 7) is 5.90. The lowest BCUT2D eigenvalue weighted by atomic mass is 10.0. The van der Waals surface area contributed by atoms with E-state index >= 15 is 0 Å². The highest BCUT2D eigenvalue weighted by Crippen LogP contribution is 2.41. The predicted octanol–water partition coefficient (Wildman–Crippen LogP) is 2.64. The Morgan fingerprint density at radius 1 is 1.32 bits per heavy atom. The van der Waals surface area contributed by atoms with Crippen molar-refractivity contribution in [1.82, 2.24) is 14.5 Å². The minimum Gasteiger partial charge on any atom is -0.343 e. The van der Waals surface area contributed by atoms with Crippen LogP contribution in [0.25, 0.3) is 0 Å². The zero-order valence-corrected chi connectivity index (χ0v) is 11.9. The summed E-state index contributed by atoms with van der Waals surface area (Å²) in [7, 11) is 0. The van der Waals surface area contributed by atoms with Crippen LogP contribution in [0.15, 0.2) is 6.20 Å². The highest BCUT2D eigenvalue weighted by molar-refractivity contribution is 5.75. The van der Waals surface area contributed by atoms with Crippen molar-refractivity contribution in [3.63, 3.8) is 0 Å². The lowest BCUT2D eigenvalue weighted by Gasteiger charge is -2.34. The Morgan fingerprint density at radius 2 is 2.00 bits per heavy atom. The molecule has 1 saturated heterocycles. The summed E-state index contributed by atoms with van der Waals surface area (Å²) in [5.41, 5.74) is 1.28. The number of nitrogens with zero attached hydrogens (tertiary/aromatic N) is 3. The van der Waals surface area contributed by atoms with E-state index in [9.17, 15) is 4.79 Å². The summed E-state index contributed by atoms with van der Waals surface area (Å²) in [5.74, 6) is 2.28. The summed E-state index contributed by atoms with van der Waals surface area (Å²) in [6.07, 6.45) is 7.37. The number of aryl methyl sites for hydroxylation is 1. The minimum atomic E-state index is 0.295. The van der Waals surface area contributed by atoms with E-state index in [-0.39, 0.29) is 0 Å². The maximum Gasteiger partial charge on any atom is 0.222 e. The van der Waals surface area contributed by atoms with E-state index in [4.69, 9.17) is 0 Å². The van der Waals surface area contributed by atoms with Crippen LogP contribution in [0.5, 0.6) is 0 Å². The number of piperidine rings is 1. The Hall–Kier alpha value is -1.32. The number of likely N-dealkylation sites (tertiary alicyclic amines) is 1. The molecule has 1 aliphatic carbocycles. The van der Waals surface area contributed by atoms with Crippen molar-refractivity contribution >= 4 is 5.91 Å². The predicted molar refractivity (Wildman–Crippen MR) is 74.1 cm³/mol. The number of amides is 1. The molecule has 0 atom stereocenters. The molecule has 1 saturated carbocycles. The van der Waals surface area contributed by atoms with Gasteiger partial charge in [0.1, 0.15) is 5.82 Å².